The Kier molecular flexibility index (Phi) is 3.44. The number of piperidine rings is 1. The molecular weight excluding hydrogens is 205 g/mol. The molecule has 1 saturated heterocycles. The Morgan fingerprint density at radius 3 is 2.56 bits per heavy atom. The number of likely N-dealkylation sites (tertiary alicyclic amines) is 1. The van der Waals surface area contributed by atoms with Gasteiger partial charge in [0.05, 0.1) is 0 Å². The zero-order valence-corrected chi connectivity index (χ0v) is 9.62. The van der Waals surface area contributed by atoms with Gasteiger partial charge in [-0.05, 0) is 56.1 Å². The zero-order valence-electron chi connectivity index (χ0n) is 9.62. The fourth-order valence-electron chi connectivity index (χ4n) is 2.41. The van der Waals surface area contributed by atoms with E-state index in [0.29, 0.717) is 5.92 Å². The number of benzene rings is 1. The molecule has 1 N–H and O–H groups in total. The lowest BCUT2D eigenvalue weighted by atomic mass is 9.89. The summed E-state index contributed by atoms with van der Waals surface area (Å²) in [4.78, 5) is 2.40. The molecule has 1 heterocycles. The Hall–Kier alpha value is -1.09. The average molecular weight is 223 g/mol. The summed E-state index contributed by atoms with van der Waals surface area (Å²) in [6.07, 6.45) is 2.10. The molecule has 2 nitrogen and oxygen atoms in total. The van der Waals surface area contributed by atoms with Gasteiger partial charge in [-0.3, -0.25) is 0 Å². The van der Waals surface area contributed by atoms with E-state index >= 15 is 0 Å². The van der Waals surface area contributed by atoms with Crippen molar-refractivity contribution in [3.8, 4) is 5.75 Å². The van der Waals surface area contributed by atoms with E-state index in [0.717, 1.165) is 44.1 Å². The van der Waals surface area contributed by atoms with Gasteiger partial charge in [-0.1, -0.05) is 6.92 Å². The van der Waals surface area contributed by atoms with Crippen molar-refractivity contribution in [3.05, 3.63) is 29.6 Å². The van der Waals surface area contributed by atoms with Gasteiger partial charge >= 0.3 is 0 Å². The maximum absolute atomic E-state index is 13.2. The SMILES string of the molecule is CCN1CCC(c2cc(O)cc(F)c2)CC1. The minimum atomic E-state index is -0.340. The van der Waals surface area contributed by atoms with Crippen molar-refractivity contribution in [2.75, 3.05) is 19.6 Å². The molecule has 0 atom stereocenters. The van der Waals surface area contributed by atoms with E-state index < -0.39 is 0 Å². The van der Waals surface area contributed by atoms with Crippen molar-refractivity contribution >= 4 is 0 Å². The van der Waals surface area contributed by atoms with Crippen molar-refractivity contribution in [2.24, 2.45) is 0 Å². The molecule has 0 aromatic heterocycles. The molecule has 1 aromatic carbocycles. The maximum Gasteiger partial charge on any atom is 0.127 e. The first-order valence-corrected chi connectivity index (χ1v) is 5.91. The second-order valence-corrected chi connectivity index (χ2v) is 4.45. The van der Waals surface area contributed by atoms with Crippen molar-refractivity contribution < 1.29 is 9.50 Å². The molecule has 1 fully saturated rings. The van der Waals surface area contributed by atoms with Gasteiger partial charge in [0.25, 0.3) is 0 Å². The van der Waals surface area contributed by atoms with Gasteiger partial charge in [0.2, 0.25) is 0 Å². The standard InChI is InChI=1S/C13H18FNO/c1-2-15-5-3-10(4-6-15)11-7-12(14)9-13(16)8-11/h7-10,16H,2-6H2,1H3. The Labute approximate surface area is 95.7 Å². The van der Waals surface area contributed by atoms with Gasteiger partial charge in [0, 0.05) is 6.07 Å². The van der Waals surface area contributed by atoms with Crippen LogP contribution in [0.5, 0.6) is 5.75 Å². The predicted octanol–water partition coefficient (Wildman–Crippen LogP) is 2.73. The molecule has 0 amide bonds. The summed E-state index contributed by atoms with van der Waals surface area (Å²) in [6, 6.07) is 4.39. The maximum atomic E-state index is 13.2. The third kappa shape index (κ3) is 2.53. The average Bonchev–Trinajstić information content (AvgIpc) is 2.28. The smallest absolute Gasteiger partial charge is 0.127 e. The van der Waals surface area contributed by atoms with Gasteiger partial charge in [-0.2, -0.15) is 0 Å². The fraction of sp³-hybridized carbons (Fsp3) is 0.538. The van der Waals surface area contributed by atoms with Crippen LogP contribution in [0.25, 0.3) is 0 Å². The van der Waals surface area contributed by atoms with Gasteiger partial charge in [-0.15, -0.1) is 0 Å². The topological polar surface area (TPSA) is 23.5 Å². The summed E-state index contributed by atoms with van der Waals surface area (Å²) in [5.41, 5.74) is 0.938. The van der Waals surface area contributed by atoms with Crippen molar-refractivity contribution in [2.45, 2.75) is 25.7 Å². The lowest BCUT2D eigenvalue weighted by Crippen LogP contribution is -2.32. The number of phenolic OH excluding ortho intramolecular Hbond substituents is 1. The Balaban J connectivity index is 2.08. The summed E-state index contributed by atoms with van der Waals surface area (Å²) < 4.78 is 13.2. The van der Waals surface area contributed by atoms with Gasteiger partial charge < -0.3 is 10.0 Å². The fourth-order valence-corrected chi connectivity index (χ4v) is 2.41. The number of hydrogen-bond acceptors (Lipinski definition) is 2. The van der Waals surface area contributed by atoms with Crippen LogP contribution in [0, 0.1) is 5.82 Å². The van der Waals surface area contributed by atoms with Crippen LogP contribution in [0.2, 0.25) is 0 Å². The minimum Gasteiger partial charge on any atom is -0.508 e. The molecule has 0 aliphatic carbocycles. The Morgan fingerprint density at radius 2 is 2.00 bits per heavy atom. The van der Waals surface area contributed by atoms with Gasteiger partial charge in [-0.25, -0.2) is 4.39 Å². The molecule has 1 aliphatic rings. The highest BCUT2D eigenvalue weighted by atomic mass is 19.1. The quantitative estimate of drug-likeness (QED) is 0.833. The molecule has 0 unspecified atom stereocenters. The van der Waals surface area contributed by atoms with Crippen LogP contribution in [-0.4, -0.2) is 29.6 Å². The van der Waals surface area contributed by atoms with Crippen LogP contribution in [0.15, 0.2) is 18.2 Å². The highest BCUT2D eigenvalue weighted by Gasteiger charge is 2.20. The molecule has 3 heteroatoms. The van der Waals surface area contributed by atoms with E-state index in [4.69, 9.17) is 0 Å². The number of rotatable bonds is 2. The monoisotopic (exact) mass is 223 g/mol. The molecule has 1 aromatic rings. The molecule has 0 bridgehead atoms. The largest absolute Gasteiger partial charge is 0.508 e. The second-order valence-electron chi connectivity index (χ2n) is 4.45. The zero-order chi connectivity index (χ0) is 11.5. The van der Waals surface area contributed by atoms with Crippen LogP contribution in [0.1, 0.15) is 31.2 Å². The highest BCUT2D eigenvalue weighted by molar-refractivity contribution is 5.31. The predicted molar refractivity (Wildman–Crippen MR) is 62.2 cm³/mol. The third-order valence-corrected chi connectivity index (χ3v) is 3.41. The summed E-state index contributed by atoms with van der Waals surface area (Å²) in [5.74, 6) is 0.0882. The molecule has 16 heavy (non-hydrogen) atoms. The Morgan fingerprint density at radius 1 is 1.31 bits per heavy atom. The molecule has 2 rings (SSSR count). The summed E-state index contributed by atoms with van der Waals surface area (Å²) in [6.45, 7) is 5.38. The number of nitrogens with zero attached hydrogens (tertiary/aromatic N) is 1. The van der Waals surface area contributed by atoms with E-state index in [2.05, 4.69) is 11.8 Å². The van der Waals surface area contributed by atoms with E-state index in [1.165, 1.54) is 0 Å². The van der Waals surface area contributed by atoms with E-state index in [-0.39, 0.29) is 11.6 Å². The van der Waals surface area contributed by atoms with Crippen LogP contribution in [0.4, 0.5) is 4.39 Å². The first-order chi connectivity index (χ1) is 7.69. The Bertz CT molecular complexity index is 339. The molecule has 0 radical (unpaired) electrons. The first-order valence-electron chi connectivity index (χ1n) is 5.91. The number of aromatic hydroxyl groups is 1. The van der Waals surface area contributed by atoms with E-state index in [9.17, 15) is 9.50 Å². The van der Waals surface area contributed by atoms with Crippen LogP contribution < -0.4 is 0 Å². The van der Waals surface area contributed by atoms with Crippen molar-refractivity contribution in [3.63, 3.8) is 0 Å². The lowest BCUT2D eigenvalue weighted by molar-refractivity contribution is 0.222. The molecule has 0 spiro atoms. The molecule has 0 saturated carbocycles. The van der Waals surface area contributed by atoms with Crippen molar-refractivity contribution in [1.82, 2.24) is 4.90 Å². The van der Waals surface area contributed by atoms with Gasteiger partial charge in [0.1, 0.15) is 11.6 Å². The number of phenols is 1. The second kappa shape index (κ2) is 4.83. The third-order valence-electron chi connectivity index (χ3n) is 3.41. The van der Waals surface area contributed by atoms with Crippen LogP contribution in [-0.2, 0) is 0 Å². The molecular formula is C13H18FNO. The normalized spacial score (nSPS) is 18.9. The molecule has 1 aliphatic heterocycles. The minimum absolute atomic E-state index is 0.0351. The summed E-state index contributed by atoms with van der Waals surface area (Å²) in [7, 11) is 0. The van der Waals surface area contributed by atoms with E-state index in [1.54, 1.807) is 12.1 Å². The van der Waals surface area contributed by atoms with Crippen LogP contribution >= 0.6 is 0 Å². The van der Waals surface area contributed by atoms with Crippen molar-refractivity contribution in [1.29, 1.82) is 0 Å². The highest BCUT2D eigenvalue weighted by Crippen LogP contribution is 2.30. The summed E-state index contributed by atoms with van der Waals surface area (Å²) in [5, 5.41) is 9.37. The first kappa shape index (κ1) is 11.4. The van der Waals surface area contributed by atoms with Gasteiger partial charge in [0.15, 0.2) is 0 Å². The number of hydrogen-bond donors (Lipinski definition) is 1. The van der Waals surface area contributed by atoms with Crippen LogP contribution in [0.3, 0.4) is 0 Å². The summed E-state index contributed by atoms with van der Waals surface area (Å²) >= 11 is 0. The lowest BCUT2D eigenvalue weighted by Gasteiger charge is -2.31. The van der Waals surface area contributed by atoms with E-state index in [1.807, 2.05) is 0 Å². The number of halogens is 1. The molecule has 88 valence electrons.